The second-order valence-corrected chi connectivity index (χ2v) is 7.60. The second kappa shape index (κ2) is 9.04. The Morgan fingerprint density at radius 3 is 2.52 bits per heavy atom. The largest absolute Gasteiger partial charge is 0.494 e. The number of carbonyl (C=O) groups is 2. The van der Waals surface area contributed by atoms with Crippen LogP contribution in [0.2, 0.25) is 0 Å². The Kier molecular flexibility index (Phi) is 6.50. The van der Waals surface area contributed by atoms with Crippen LogP contribution in [0.15, 0.2) is 46.9 Å². The van der Waals surface area contributed by atoms with Crippen molar-refractivity contribution in [2.45, 2.75) is 19.3 Å². The molecule has 2 aromatic rings. The summed E-state index contributed by atoms with van der Waals surface area (Å²) in [5.41, 5.74) is 7.44. The van der Waals surface area contributed by atoms with Gasteiger partial charge in [-0.1, -0.05) is 6.07 Å². The third kappa shape index (κ3) is 4.89. The number of benzene rings is 2. The van der Waals surface area contributed by atoms with Crippen molar-refractivity contribution < 1.29 is 14.3 Å². The minimum atomic E-state index is -0.434. The molecule has 1 amide bonds. The first-order valence-electron chi connectivity index (χ1n) is 9.10. The number of rotatable bonds is 7. The van der Waals surface area contributed by atoms with Gasteiger partial charge in [0.25, 0.3) is 0 Å². The summed E-state index contributed by atoms with van der Waals surface area (Å²) >= 11 is 3.45. The molecular weight excluding hydrogens is 408 g/mol. The molecule has 0 unspecified atom stereocenters. The lowest BCUT2D eigenvalue weighted by molar-refractivity contribution is 0.0999. The van der Waals surface area contributed by atoms with Crippen LogP contribution in [0, 0.1) is 5.92 Å². The van der Waals surface area contributed by atoms with E-state index in [4.69, 9.17) is 10.5 Å². The lowest BCUT2D eigenvalue weighted by atomic mass is 9.93. The predicted molar refractivity (Wildman–Crippen MR) is 110 cm³/mol. The van der Waals surface area contributed by atoms with Gasteiger partial charge in [0, 0.05) is 28.8 Å². The first kappa shape index (κ1) is 19.4. The van der Waals surface area contributed by atoms with Gasteiger partial charge in [-0.3, -0.25) is 9.59 Å². The van der Waals surface area contributed by atoms with Gasteiger partial charge in [-0.15, -0.1) is 0 Å². The van der Waals surface area contributed by atoms with Crippen LogP contribution in [0.1, 0.15) is 40.0 Å². The maximum absolute atomic E-state index is 11.4. The molecule has 0 saturated carbocycles. The van der Waals surface area contributed by atoms with E-state index in [0.29, 0.717) is 18.1 Å². The molecule has 5 nitrogen and oxygen atoms in total. The summed E-state index contributed by atoms with van der Waals surface area (Å²) in [4.78, 5) is 24.8. The molecule has 142 valence electrons. The summed E-state index contributed by atoms with van der Waals surface area (Å²) in [6, 6.07) is 12.8. The number of ether oxygens (including phenoxy) is 1. The van der Waals surface area contributed by atoms with Crippen molar-refractivity contribution in [1.29, 1.82) is 0 Å². The average molecular weight is 431 g/mol. The molecule has 0 aromatic heterocycles. The molecular formula is C21H23BrN2O3. The number of halogens is 1. The van der Waals surface area contributed by atoms with Crippen LogP contribution in [0.4, 0.5) is 5.69 Å². The fourth-order valence-electron chi connectivity index (χ4n) is 3.44. The zero-order valence-electron chi connectivity index (χ0n) is 15.1. The molecule has 1 saturated heterocycles. The van der Waals surface area contributed by atoms with Gasteiger partial charge in [0.1, 0.15) is 5.75 Å². The van der Waals surface area contributed by atoms with Gasteiger partial charge < -0.3 is 15.4 Å². The minimum absolute atomic E-state index is 0.434. The molecule has 6 heteroatoms. The van der Waals surface area contributed by atoms with Crippen molar-refractivity contribution in [1.82, 2.24) is 0 Å². The Hall–Kier alpha value is -2.34. The van der Waals surface area contributed by atoms with Crippen molar-refractivity contribution in [2.75, 3.05) is 24.6 Å². The molecule has 0 bridgehead atoms. The summed E-state index contributed by atoms with van der Waals surface area (Å²) in [7, 11) is 0. The van der Waals surface area contributed by atoms with Gasteiger partial charge in [-0.25, -0.2) is 0 Å². The zero-order valence-corrected chi connectivity index (χ0v) is 16.7. The van der Waals surface area contributed by atoms with Crippen LogP contribution in [0.25, 0.3) is 0 Å². The van der Waals surface area contributed by atoms with Gasteiger partial charge in [0.05, 0.1) is 12.2 Å². The molecule has 0 atom stereocenters. The Morgan fingerprint density at radius 1 is 1.19 bits per heavy atom. The van der Waals surface area contributed by atoms with Gasteiger partial charge in [-0.2, -0.15) is 0 Å². The molecule has 0 aliphatic carbocycles. The van der Waals surface area contributed by atoms with Crippen LogP contribution < -0.4 is 15.4 Å². The second-order valence-electron chi connectivity index (χ2n) is 6.75. The van der Waals surface area contributed by atoms with E-state index < -0.39 is 5.91 Å². The number of amides is 1. The van der Waals surface area contributed by atoms with Crippen LogP contribution in [-0.2, 0) is 0 Å². The number of aldehydes is 1. The Morgan fingerprint density at radius 2 is 1.89 bits per heavy atom. The van der Waals surface area contributed by atoms with E-state index in [1.54, 1.807) is 24.3 Å². The highest BCUT2D eigenvalue weighted by Crippen LogP contribution is 2.30. The molecule has 2 N–H and O–H groups in total. The molecule has 1 heterocycles. The van der Waals surface area contributed by atoms with Crippen LogP contribution in [0.5, 0.6) is 5.75 Å². The van der Waals surface area contributed by atoms with Crippen molar-refractivity contribution >= 4 is 33.8 Å². The maximum atomic E-state index is 11.4. The van der Waals surface area contributed by atoms with E-state index in [1.165, 1.54) is 0 Å². The van der Waals surface area contributed by atoms with Crippen molar-refractivity contribution in [2.24, 2.45) is 11.7 Å². The minimum Gasteiger partial charge on any atom is -0.494 e. The first-order chi connectivity index (χ1) is 13.1. The molecule has 3 rings (SSSR count). The fraction of sp³-hybridized carbons (Fsp3) is 0.333. The monoisotopic (exact) mass is 430 g/mol. The molecule has 1 fully saturated rings. The van der Waals surface area contributed by atoms with Gasteiger partial charge in [-0.05, 0) is 77.5 Å². The number of primary amides is 1. The number of anilines is 1. The molecule has 27 heavy (non-hydrogen) atoms. The molecule has 1 aliphatic heterocycles. The summed E-state index contributed by atoms with van der Waals surface area (Å²) in [6.07, 6.45) is 4.07. The van der Waals surface area contributed by atoms with E-state index in [2.05, 4.69) is 20.8 Å². The predicted octanol–water partition coefficient (Wildman–Crippen LogP) is 4.05. The van der Waals surface area contributed by atoms with E-state index in [9.17, 15) is 9.59 Å². The van der Waals surface area contributed by atoms with Gasteiger partial charge in [0.2, 0.25) is 5.91 Å². The van der Waals surface area contributed by atoms with E-state index >= 15 is 0 Å². The lowest BCUT2D eigenvalue weighted by Gasteiger charge is -2.34. The Bertz CT molecular complexity index is 800. The third-order valence-corrected chi connectivity index (χ3v) is 5.73. The van der Waals surface area contributed by atoms with Crippen molar-refractivity contribution in [3.8, 4) is 5.75 Å². The van der Waals surface area contributed by atoms with Crippen molar-refractivity contribution in [3.63, 3.8) is 0 Å². The maximum Gasteiger partial charge on any atom is 0.248 e. The number of hydrogen-bond acceptors (Lipinski definition) is 4. The average Bonchev–Trinajstić information content (AvgIpc) is 2.69. The normalized spacial score (nSPS) is 14.8. The zero-order chi connectivity index (χ0) is 19.2. The van der Waals surface area contributed by atoms with Crippen LogP contribution in [-0.4, -0.2) is 31.9 Å². The van der Waals surface area contributed by atoms with Gasteiger partial charge in [0.15, 0.2) is 6.29 Å². The molecule has 2 aromatic carbocycles. The van der Waals surface area contributed by atoms with Crippen LogP contribution in [0.3, 0.4) is 0 Å². The first-order valence-corrected chi connectivity index (χ1v) is 9.89. The lowest BCUT2D eigenvalue weighted by Crippen LogP contribution is -2.34. The summed E-state index contributed by atoms with van der Waals surface area (Å²) in [5, 5.41) is 0. The van der Waals surface area contributed by atoms with E-state index in [1.807, 2.05) is 18.2 Å². The molecule has 1 aliphatic rings. The number of nitrogens with zero attached hydrogens (tertiary/aromatic N) is 1. The standard InChI is InChI=1S/C21H23BrN2O3/c22-19-2-1-3-20(18(19)14-25)24-11-8-15(9-12-24)10-13-27-17-6-4-16(5-7-17)21(23)26/h1-7,14-15H,8-13H2,(H2,23,26). The highest BCUT2D eigenvalue weighted by molar-refractivity contribution is 9.10. The highest BCUT2D eigenvalue weighted by atomic mass is 79.9. The third-order valence-electron chi connectivity index (χ3n) is 5.04. The number of hydrogen-bond donors (Lipinski definition) is 1. The summed E-state index contributed by atoms with van der Waals surface area (Å²) < 4.78 is 6.63. The number of carbonyl (C=O) groups excluding carboxylic acids is 2. The smallest absolute Gasteiger partial charge is 0.248 e. The highest BCUT2D eigenvalue weighted by Gasteiger charge is 2.21. The van der Waals surface area contributed by atoms with E-state index in [-0.39, 0.29) is 0 Å². The number of piperidine rings is 1. The molecule has 0 spiro atoms. The molecule has 0 radical (unpaired) electrons. The van der Waals surface area contributed by atoms with E-state index in [0.717, 1.165) is 60.1 Å². The summed E-state index contributed by atoms with van der Waals surface area (Å²) in [6.45, 7) is 2.53. The topological polar surface area (TPSA) is 72.6 Å². The summed E-state index contributed by atoms with van der Waals surface area (Å²) in [5.74, 6) is 0.927. The fourth-order valence-corrected chi connectivity index (χ4v) is 3.89. The van der Waals surface area contributed by atoms with Crippen LogP contribution >= 0.6 is 15.9 Å². The Balaban J connectivity index is 1.47. The quantitative estimate of drug-likeness (QED) is 0.672. The van der Waals surface area contributed by atoms with Gasteiger partial charge >= 0.3 is 0 Å². The number of nitrogens with two attached hydrogens (primary N) is 1. The van der Waals surface area contributed by atoms with Crippen molar-refractivity contribution in [3.05, 3.63) is 58.1 Å². The Labute approximate surface area is 167 Å². The SMILES string of the molecule is NC(=O)c1ccc(OCCC2CCN(c3cccc(Br)c3C=O)CC2)cc1.